The summed E-state index contributed by atoms with van der Waals surface area (Å²) in [6.07, 6.45) is 1.12. The summed E-state index contributed by atoms with van der Waals surface area (Å²) < 4.78 is 0. The van der Waals surface area contributed by atoms with Crippen molar-refractivity contribution in [2.24, 2.45) is 5.73 Å². The highest BCUT2D eigenvalue weighted by molar-refractivity contribution is 5.92. The Bertz CT molecular complexity index is 319. The summed E-state index contributed by atoms with van der Waals surface area (Å²) in [4.78, 5) is 11.0. The molecule has 0 aromatic heterocycles. The van der Waals surface area contributed by atoms with Gasteiger partial charge in [-0.2, -0.15) is 0 Å². The number of rotatable bonds is 4. The summed E-state index contributed by atoms with van der Waals surface area (Å²) in [5.41, 5.74) is 7.31. The number of hydrogen-bond acceptors (Lipinski definition) is 2. The Morgan fingerprint density at radius 1 is 1.40 bits per heavy atom. The van der Waals surface area contributed by atoms with Crippen LogP contribution >= 0.6 is 0 Å². The smallest absolute Gasteiger partial charge is 0.238 e. The number of hydrogen-bond donors (Lipinski definition) is 2. The van der Waals surface area contributed by atoms with Crippen LogP contribution in [0, 0.1) is 0 Å². The van der Waals surface area contributed by atoms with E-state index >= 15 is 0 Å². The molecule has 0 aliphatic heterocycles. The summed E-state index contributed by atoms with van der Waals surface area (Å²) in [6, 6.07) is 7.91. The highest BCUT2D eigenvalue weighted by Crippen LogP contribution is 2.20. The maximum Gasteiger partial charge on any atom is 0.238 e. The minimum absolute atomic E-state index is 0.0209. The lowest BCUT2D eigenvalue weighted by Crippen LogP contribution is -2.21. The van der Waals surface area contributed by atoms with Gasteiger partial charge in [-0.25, -0.2) is 0 Å². The Morgan fingerprint density at radius 3 is 2.47 bits per heavy atom. The Labute approximate surface area is 90.7 Å². The van der Waals surface area contributed by atoms with Crippen LogP contribution in [0.2, 0.25) is 0 Å². The highest BCUT2D eigenvalue weighted by Gasteiger charge is 2.03. The Kier molecular flexibility index (Phi) is 4.31. The van der Waals surface area contributed by atoms with Gasteiger partial charge in [0.25, 0.3) is 0 Å². The third-order valence-electron chi connectivity index (χ3n) is 2.56. The first-order valence-corrected chi connectivity index (χ1v) is 5.27. The molecule has 0 heterocycles. The van der Waals surface area contributed by atoms with Crippen LogP contribution in [0.5, 0.6) is 0 Å². The molecule has 1 aromatic rings. The van der Waals surface area contributed by atoms with Crippen molar-refractivity contribution in [2.45, 2.75) is 26.2 Å². The molecular weight excluding hydrogens is 188 g/mol. The van der Waals surface area contributed by atoms with Gasteiger partial charge in [0.15, 0.2) is 0 Å². The van der Waals surface area contributed by atoms with Gasteiger partial charge in [-0.15, -0.1) is 0 Å². The number of benzene rings is 1. The normalized spacial score (nSPS) is 12.2. The standard InChI is InChI=1S/C12H18N2O/c1-3-9(2)10-4-6-11(7-5-10)14-12(15)8-13/h4-7,9H,3,8,13H2,1-2H3,(H,14,15). The van der Waals surface area contributed by atoms with E-state index < -0.39 is 0 Å². The molecule has 3 heteroatoms. The first kappa shape index (κ1) is 11.7. The molecule has 1 amide bonds. The monoisotopic (exact) mass is 206 g/mol. The van der Waals surface area contributed by atoms with Crippen LogP contribution in [0.4, 0.5) is 5.69 Å². The van der Waals surface area contributed by atoms with Gasteiger partial charge in [-0.1, -0.05) is 26.0 Å². The zero-order chi connectivity index (χ0) is 11.3. The molecule has 0 aliphatic rings. The summed E-state index contributed by atoms with van der Waals surface area (Å²) in [7, 11) is 0. The molecule has 0 spiro atoms. The fraction of sp³-hybridized carbons (Fsp3) is 0.417. The van der Waals surface area contributed by atoms with Crippen LogP contribution in [0.1, 0.15) is 31.7 Å². The van der Waals surface area contributed by atoms with E-state index in [2.05, 4.69) is 19.2 Å². The fourth-order valence-corrected chi connectivity index (χ4v) is 1.34. The van der Waals surface area contributed by atoms with Crippen LogP contribution in [0.3, 0.4) is 0 Å². The zero-order valence-corrected chi connectivity index (χ0v) is 9.29. The third-order valence-corrected chi connectivity index (χ3v) is 2.56. The third kappa shape index (κ3) is 3.36. The molecule has 0 saturated heterocycles. The Hall–Kier alpha value is -1.35. The average molecular weight is 206 g/mol. The first-order chi connectivity index (χ1) is 7.17. The fourth-order valence-electron chi connectivity index (χ4n) is 1.34. The summed E-state index contributed by atoms with van der Waals surface area (Å²) in [6.45, 7) is 4.37. The maximum absolute atomic E-state index is 11.0. The first-order valence-electron chi connectivity index (χ1n) is 5.27. The highest BCUT2D eigenvalue weighted by atomic mass is 16.1. The second-order valence-corrected chi connectivity index (χ2v) is 3.68. The van der Waals surface area contributed by atoms with Crippen molar-refractivity contribution in [3.05, 3.63) is 29.8 Å². The lowest BCUT2D eigenvalue weighted by atomic mass is 9.99. The molecule has 3 nitrogen and oxygen atoms in total. The van der Waals surface area contributed by atoms with Crippen molar-refractivity contribution < 1.29 is 4.79 Å². The van der Waals surface area contributed by atoms with E-state index in [-0.39, 0.29) is 12.5 Å². The predicted molar refractivity (Wildman–Crippen MR) is 62.8 cm³/mol. The quantitative estimate of drug-likeness (QED) is 0.792. The van der Waals surface area contributed by atoms with Gasteiger partial charge in [0, 0.05) is 5.69 Å². The number of anilines is 1. The molecule has 0 bridgehead atoms. The van der Waals surface area contributed by atoms with Crippen molar-refractivity contribution >= 4 is 11.6 Å². The van der Waals surface area contributed by atoms with Gasteiger partial charge >= 0.3 is 0 Å². The van der Waals surface area contributed by atoms with Crippen molar-refractivity contribution in [1.29, 1.82) is 0 Å². The molecule has 1 rings (SSSR count). The van der Waals surface area contributed by atoms with Crippen LogP contribution in [-0.2, 0) is 4.79 Å². The van der Waals surface area contributed by atoms with Crippen LogP contribution in [0.25, 0.3) is 0 Å². The van der Waals surface area contributed by atoms with Crippen LogP contribution < -0.4 is 11.1 Å². The lowest BCUT2D eigenvalue weighted by molar-refractivity contribution is -0.114. The molecule has 15 heavy (non-hydrogen) atoms. The summed E-state index contributed by atoms with van der Waals surface area (Å²) in [5.74, 6) is 0.399. The predicted octanol–water partition coefficient (Wildman–Crippen LogP) is 2.10. The van der Waals surface area contributed by atoms with Crippen molar-refractivity contribution in [1.82, 2.24) is 0 Å². The SMILES string of the molecule is CCC(C)c1ccc(NC(=O)CN)cc1. The van der Waals surface area contributed by atoms with Crippen LogP contribution in [0.15, 0.2) is 24.3 Å². The van der Waals surface area contributed by atoms with E-state index in [4.69, 9.17) is 5.73 Å². The van der Waals surface area contributed by atoms with Gasteiger partial charge in [-0.05, 0) is 30.0 Å². The largest absolute Gasteiger partial charge is 0.325 e. The number of nitrogens with two attached hydrogens (primary N) is 1. The molecule has 1 unspecified atom stereocenters. The molecule has 0 radical (unpaired) electrons. The molecule has 0 aliphatic carbocycles. The number of nitrogens with one attached hydrogen (secondary N) is 1. The van der Waals surface area contributed by atoms with Crippen molar-refractivity contribution in [2.75, 3.05) is 11.9 Å². The molecule has 1 aromatic carbocycles. The van der Waals surface area contributed by atoms with Crippen molar-refractivity contribution in [3.8, 4) is 0 Å². The van der Waals surface area contributed by atoms with E-state index in [1.54, 1.807) is 0 Å². The van der Waals surface area contributed by atoms with Gasteiger partial charge in [0.05, 0.1) is 6.54 Å². The van der Waals surface area contributed by atoms with Gasteiger partial charge in [0.1, 0.15) is 0 Å². The summed E-state index contributed by atoms with van der Waals surface area (Å²) in [5, 5.41) is 2.71. The van der Waals surface area contributed by atoms with Crippen molar-refractivity contribution in [3.63, 3.8) is 0 Å². The molecule has 0 fully saturated rings. The van der Waals surface area contributed by atoms with E-state index in [1.165, 1.54) is 5.56 Å². The number of amides is 1. The molecule has 82 valence electrons. The van der Waals surface area contributed by atoms with Gasteiger partial charge < -0.3 is 11.1 Å². The molecule has 3 N–H and O–H groups in total. The van der Waals surface area contributed by atoms with E-state index in [0.29, 0.717) is 5.92 Å². The molecular formula is C12H18N2O. The number of carbonyl (C=O) groups is 1. The minimum atomic E-state index is -0.161. The second kappa shape index (κ2) is 5.51. The van der Waals surface area contributed by atoms with E-state index in [9.17, 15) is 4.79 Å². The zero-order valence-electron chi connectivity index (χ0n) is 9.29. The second-order valence-electron chi connectivity index (χ2n) is 3.68. The van der Waals surface area contributed by atoms with Crippen LogP contribution in [-0.4, -0.2) is 12.5 Å². The maximum atomic E-state index is 11.0. The number of carbonyl (C=O) groups excluding carboxylic acids is 1. The summed E-state index contributed by atoms with van der Waals surface area (Å²) >= 11 is 0. The van der Waals surface area contributed by atoms with E-state index in [0.717, 1.165) is 12.1 Å². The average Bonchev–Trinajstić information content (AvgIpc) is 2.29. The molecule has 0 saturated carbocycles. The Balaban J connectivity index is 2.68. The molecule has 1 atom stereocenters. The Morgan fingerprint density at radius 2 is 2.00 bits per heavy atom. The minimum Gasteiger partial charge on any atom is -0.325 e. The lowest BCUT2D eigenvalue weighted by Gasteiger charge is -2.10. The van der Waals surface area contributed by atoms with Gasteiger partial charge in [-0.3, -0.25) is 4.79 Å². The topological polar surface area (TPSA) is 55.1 Å². The van der Waals surface area contributed by atoms with Gasteiger partial charge in [0.2, 0.25) is 5.91 Å². The van der Waals surface area contributed by atoms with E-state index in [1.807, 2.05) is 24.3 Å².